The average Bonchev–Trinajstić information content (AvgIpc) is 2.95. The van der Waals surface area contributed by atoms with Crippen LogP contribution in [0.4, 0.5) is 0 Å². The molecule has 2 rings (SSSR count). The summed E-state index contributed by atoms with van der Waals surface area (Å²) in [5, 5.41) is 0. The summed E-state index contributed by atoms with van der Waals surface area (Å²) in [7, 11) is -3.44. The maximum Gasteiger partial charge on any atom is 0.240 e. The summed E-state index contributed by atoms with van der Waals surface area (Å²) in [6.45, 7) is 5.04. The Morgan fingerprint density at radius 2 is 2.00 bits per heavy atom. The molecular weight excluding hydrogens is 248 g/mol. The molecule has 1 aromatic carbocycles. The van der Waals surface area contributed by atoms with Gasteiger partial charge in [0.2, 0.25) is 10.0 Å². The smallest absolute Gasteiger partial charge is 0.240 e. The van der Waals surface area contributed by atoms with E-state index < -0.39 is 10.0 Å². The second kappa shape index (κ2) is 4.64. The maximum atomic E-state index is 12.2. The maximum absolute atomic E-state index is 12.2. The zero-order chi connectivity index (χ0) is 13.4. The monoisotopic (exact) mass is 268 g/mol. The molecule has 0 saturated heterocycles. The summed E-state index contributed by atoms with van der Waals surface area (Å²) in [5.41, 5.74) is 6.49. The Labute approximate surface area is 109 Å². The van der Waals surface area contributed by atoms with E-state index in [9.17, 15) is 8.42 Å². The minimum Gasteiger partial charge on any atom is -0.326 e. The molecule has 0 heterocycles. The summed E-state index contributed by atoms with van der Waals surface area (Å²) in [6, 6.07) is 6.86. The van der Waals surface area contributed by atoms with Gasteiger partial charge < -0.3 is 5.73 Å². The highest BCUT2D eigenvalue weighted by Gasteiger charge is 2.45. The van der Waals surface area contributed by atoms with E-state index in [2.05, 4.69) is 18.6 Å². The van der Waals surface area contributed by atoms with Crippen molar-refractivity contribution in [3.63, 3.8) is 0 Å². The number of sulfonamides is 1. The van der Waals surface area contributed by atoms with Crippen LogP contribution in [0.5, 0.6) is 0 Å². The summed E-state index contributed by atoms with van der Waals surface area (Å²) >= 11 is 0. The average molecular weight is 268 g/mol. The first kappa shape index (κ1) is 13.5. The second-order valence-electron chi connectivity index (χ2n) is 5.55. The number of nitrogens with one attached hydrogen (secondary N) is 1. The number of nitrogens with two attached hydrogens (primary N) is 1. The van der Waals surface area contributed by atoms with Gasteiger partial charge in [0, 0.05) is 13.1 Å². The van der Waals surface area contributed by atoms with Crippen LogP contribution in [-0.2, 0) is 16.6 Å². The Morgan fingerprint density at radius 1 is 1.39 bits per heavy atom. The number of rotatable bonds is 5. The fraction of sp³-hybridized carbons (Fsp3) is 0.538. The van der Waals surface area contributed by atoms with Crippen molar-refractivity contribution >= 4 is 10.0 Å². The van der Waals surface area contributed by atoms with Crippen LogP contribution < -0.4 is 10.5 Å². The summed E-state index contributed by atoms with van der Waals surface area (Å²) in [4.78, 5) is 0.297. The lowest BCUT2D eigenvalue weighted by Gasteiger charge is -2.10. The van der Waals surface area contributed by atoms with Crippen LogP contribution in [0.1, 0.15) is 25.8 Å². The molecule has 0 amide bonds. The van der Waals surface area contributed by atoms with Gasteiger partial charge in [0.25, 0.3) is 0 Å². The molecule has 0 radical (unpaired) electrons. The summed E-state index contributed by atoms with van der Waals surface area (Å²) in [6.07, 6.45) is 1.08. The zero-order valence-electron chi connectivity index (χ0n) is 10.8. The topological polar surface area (TPSA) is 72.2 Å². The Morgan fingerprint density at radius 3 is 2.56 bits per heavy atom. The number of hydrogen-bond donors (Lipinski definition) is 2. The van der Waals surface area contributed by atoms with Crippen LogP contribution >= 0.6 is 0 Å². The molecule has 4 nitrogen and oxygen atoms in total. The van der Waals surface area contributed by atoms with Crippen LogP contribution in [0.15, 0.2) is 29.2 Å². The van der Waals surface area contributed by atoms with Crippen LogP contribution in [0, 0.1) is 11.3 Å². The van der Waals surface area contributed by atoms with Gasteiger partial charge in [-0.25, -0.2) is 13.1 Å². The van der Waals surface area contributed by atoms with Gasteiger partial charge >= 0.3 is 0 Å². The lowest BCUT2D eigenvalue weighted by atomic mass is 10.1. The van der Waals surface area contributed by atoms with Gasteiger partial charge in [-0.3, -0.25) is 0 Å². The quantitative estimate of drug-likeness (QED) is 0.849. The molecule has 100 valence electrons. The van der Waals surface area contributed by atoms with Crippen molar-refractivity contribution in [1.82, 2.24) is 4.72 Å². The van der Waals surface area contributed by atoms with E-state index in [0.29, 0.717) is 22.9 Å². The molecule has 1 aliphatic carbocycles. The molecular formula is C13H20N2O2S. The highest BCUT2D eigenvalue weighted by atomic mass is 32.2. The van der Waals surface area contributed by atoms with Crippen LogP contribution in [-0.4, -0.2) is 15.0 Å². The first-order valence-electron chi connectivity index (χ1n) is 6.14. The van der Waals surface area contributed by atoms with Crippen molar-refractivity contribution in [1.29, 1.82) is 0 Å². The van der Waals surface area contributed by atoms with Crippen molar-refractivity contribution in [2.24, 2.45) is 17.1 Å². The standard InChI is InChI=1S/C13H20N2O2S/c1-13(2)7-11(13)9-15-18(16,17)12-6-4-3-5-10(12)8-14/h3-6,11,15H,7-9,14H2,1-2H3. The predicted octanol–water partition coefficient (Wildman–Crippen LogP) is 1.47. The fourth-order valence-electron chi connectivity index (χ4n) is 2.15. The highest BCUT2D eigenvalue weighted by Crippen LogP contribution is 2.51. The van der Waals surface area contributed by atoms with Crippen LogP contribution in [0.25, 0.3) is 0 Å². The van der Waals surface area contributed by atoms with E-state index in [1.807, 2.05) is 0 Å². The molecule has 1 atom stereocenters. The zero-order valence-corrected chi connectivity index (χ0v) is 11.6. The minimum atomic E-state index is -3.44. The van der Waals surface area contributed by atoms with E-state index in [1.54, 1.807) is 24.3 Å². The third kappa shape index (κ3) is 2.74. The van der Waals surface area contributed by atoms with Gasteiger partial charge in [0.15, 0.2) is 0 Å². The molecule has 0 bridgehead atoms. The molecule has 1 saturated carbocycles. The van der Waals surface area contributed by atoms with Gasteiger partial charge in [-0.1, -0.05) is 32.0 Å². The number of hydrogen-bond acceptors (Lipinski definition) is 3. The van der Waals surface area contributed by atoms with Gasteiger partial charge in [-0.05, 0) is 29.4 Å². The van der Waals surface area contributed by atoms with E-state index in [1.165, 1.54) is 0 Å². The largest absolute Gasteiger partial charge is 0.326 e. The van der Waals surface area contributed by atoms with E-state index in [4.69, 9.17) is 5.73 Å². The Hall–Kier alpha value is -0.910. The highest BCUT2D eigenvalue weighted by molar-refractivity contribution is 7.89. The van der Waals surface area contributed by atoms with Gasteiger partial charge in [0.05, 0.1) is 4.90 Å². The van der Waals surface area contributed by atoms with Crippen molar-refractivity contribution in [2.75, 3.05) is 6.54 Å². The normalized spacial score (nSPS) is 21.8. The minimum absolute atomic E-state index is 0.228. The first-order chi connectivity index (χ1) is 8.37. The van der Waals surface area contributed by atoms with E-state index >= 15 is 0 Å². The summed E-state index contributed by atoms with van der Waals surface area (Å²) in [5.74, 6) is 0.442. The fourth-order valence-corrected chi connectivity index (χ4v) is 3.48. The lowest BCUT2D eigenvalue weighted by Crippen LogP contribution is -2.28. The van der Waals surface area contributed by atoms with Gasteiger partial charge in [-0.15, -0.1) is 0 Å². The molecule has 0 spiro atoms. The molecule has 1 aliphatic rings. The van der Waals surface area contributed by atoms with Crippen molar-refractivity contribution in [3.8, 4) is 0 Å². The number of benzene rings is 1. The van der Waals surface area contributed by atoms with E-state index in [-0.39, 0.29) is 12.0 Å². The van der Waals surface area contributed by atoms with Gasteiger partial charge in [-0.2, -0.15) is 0 Å². The van der Waals surface area contributed by atoms with Gasteiger partial charge in [0.1, 0.15) is 0 Å². The predicted molar refractivity (Wildman–Crippen MR) is 71.4 cm³/mol. The first-order valence-corrected chi connectivity index (χ1v) is 7.63. The SMILES string of the molecule is CC1(C)CC1CNS(=O)(=O)c1ccccc1CN. The Kier molecular flexibility index (Phi) is 3.49. The molecule has 3 N–H and O–H groups in total. The summed E-state index contributed by atoms with van der Waals surface area (Å²) < 4.78 is 27.1. The van der Waals surface area contributed by atoms with Crippen molar-refractivity contribution in [3.05, 3.63) is 29.8 Å². The molecule has 0 aliphatic heterocycles. The third-order valence-corrected chi connectivity index (χ3v) is 5.24. The Bertz CT molecular complexity index is 538. The molecule has 5 heteroatoms. The second-order valence-corrected chi connectivity index (χ2v) is 7.29. The third-order valence-electron chi connectivity index (χ3n) is 3.72. The Balaban J connectivity index is 2.11. The van der Waals surface area contributed by atoms with Crippen molar-refractivity contribution < 1.29 is 8.42 Å². The van der Waals surface area contributed by atoms with Crippen LogP contribution in [0.2, 0.25) is 0 Å². The molecule has 0 aromatic heterocycles. The molecule has 1 unspecified atom stereocenters. The lowest BCUT2D eigenvalue weighted by molar-refractivity contribution is 0.537. The molecule has 18 heavy (non-hydrogen) atoms. The van der Waals surface area contributed by atoms with E-state index in [0.717, 1.165) is 6.42 Å². The molecule has 1 aromatic rings. The van der Waals surface area contributed by atoms with Crippen molar-refractivity contribution in [2.45, 2.75) is 31.7 Å². The molecule has 1 fully saturated rings. The van der Waals surface area contributed by atoms with Crippen LogP contribution in [0.3, 0.4) is 0 Å².